The van der Waals surface area contributed by atoms with Gasteiger partial charge >= 0.3 is 0 Å². The maximum Gasteiger partial charge on any atom is 0.298 e. The van der Waals surface area contributed by atoms with Gasteiger partial charge in [-0.2, -0.15) is 4.98 Å². The monoisotopic (exact) mass is 272 g/mol. The molecule has 1 saturated heterocycles. The number of oxazole rings is 1. The van der Waals surface area contributed by atoms with Crippen LogP contribution in [0.1, 0.15) is 12.8 Å². The number of hydrogen-bond donors (Lipinski definition) is 0. The zero-order chi connectivity index (χ0) is 12.8. The van der Waals surface area contributed by atoms with Crippen LogP contribution in [-0.2, 0) is 0 Å². The summed E-state index contributed by atoms with van der Waals surface area (Å²) in [4.78, 5) is 6.02. The van der Waals surface area contributed by atoms with Gasteiger partial charge in [-0.15, -0.1) is 0 Å². The van der Waals surface area contributed by atoms with Gasteiger partial charge in [-0.1, -0.05) is 11.6 Å². The van der Waals surface area contributed by atoms with Crippen molar-refractivity contribution < 1.29 is 13.2 Å². The first-order valence-corrected chi connectivity index (χ1v) is 6.10. The minimum absolute atomic E-state index is 0.160. The van der Waals surface area contributed by atoms with Crippen molar-refractivity contribution >= 4 is 28.7 Å². The molecule has 1 aliphatic heterocycles. The summed E-state index contributed by atoms with van der Waals surface area (Å²) in [7, 11) is 0. The molecular formula is C12H11ClF2N2O. The van der Waals surface area contributed by atoms with E-state index in [2.05, 4.69) is 4.98 Å². The van der Waals surface area contributed by atoms with Crippen LogP contribution >= 0.6 is 11.6 Å². The van der Waals surface area contributed by atoms with Gasteiger partial charge in [-0.05, 0) is 12.1 Å². The normalized spacial score (nSPS) is 19.4. The van der Waals surface area contributed by atoms with E-state index in [1.807, 2.05) is 0 Å². The summed E-state index contributed by atoms with van der Waals surface area (Å²) in [5.41, 5.74) is 1.27. The van der Waals surface area contributed by atoms with E-state index in [0.29, 0.717) is 22.1 Å². The highest BCUT2D eigenvalue weighted by molar-refractivity contribution is 6.31. The molecule has 96 valence electrons. The fourth-order valence-electron chi connectivity index (χ4n) is 2.05. The van der Waals surface area contributed by atoms with Crippen molar-refractivity contribution in [1.82, 2.24) is 4.98 Å². The summed E-state index contributed by atoms with van der Waals surface area (Å²) < 4.78 is 31.7. The molecular weight excluding hydrogens is 262 g/mol. The Hall–Kier alpha value is -1.36. The lowest BCUT2D eigenvalue weighted by atomic mass is 10.1. The second-order valence-electron chi connectivity index (χ2n) is 4.45. The van der Waals surface area contributed by atoms with E-state index < -0.39 is 5.92 Å². The van der Waals surface area contributed by atoms with E-state index >= 15 is 0 Å². The fourth-order valence-corrected chi connectivity index (χ4v) is 2.21. The molecule has 1 fully saturated rings. The van der Waals surface area contributed by atoms with Crippen molar-refractivity contribution in [3.05, 3.63) is 23.2 Å². The summed E-state index contributed by atoms with van der Waals surface area (Å²) >= 11 is 5.85. The lowest BCUT2D eigenvalue weighted by Gasteiger charge is -2.30. The average Bonchev–Trinajstić information content (AvgIpc) is 2.71. The smallest absolute Gasteiger partial charge is 0.298 e. The SMILES string of the molecule is FC1(F)CCN(c2nc3ccc(Cl)cc3o2)CC1. The molecule has 0 saturated carbocycles. The Bertz CT molecular complexity index is 574. The van der Waals surface area contributed by atoms with Crippen LogP contribution in [0.2, 0.25) is 5.02 Å². The van der Waals surface area contributed by atoms with Crippen molar-refractivity contribution in [2.24, 2.45) is 0 Å². The molecule has 0 N–H and O–H groups in total. The standard InChI is InChI=1S/C12H11ClF2N2O/c13-8-1-2-9-10(7-8)18-11(16-9)17-5-3-12(14,15)4-6-17/h1-2,7H,3-6H2. The molecule has 0 bridgehead atoms. The maximum absolute atomic E-state index is 13.1. The van der Waals surface area contributed by atoms with Crippen LogP contribution in [0, 0.1) is 0 Å². The fraction of sp³-hybridized carbons (Fsp3) is 0.417. The first-order chi connectivity index (χ1) is 8.53. The number of nitrogens with zero attached hydrogens (tertiary/aromatic N) is 2. The van der Waals surface area contributed by atoms with Crippen LogP contribution in [0.15, 0.2) is 22.6 Å². The van der Waals surface area contributed by atoms with Crippen LogP contribution in [0.5, 0.6) is 0 Å². The molecule has 1 aliphatic rings. The Balaban J connectivity index is 1.87. The molecule has 0 unspecified atom stereocenters. The molecule has 6 heteroatoms. The number of anilines is 1. The minimum atomic E-state index is -2.56. The lowest BCUT2D eigenvalue weighted by Crippen LogP contribution is -2.39. The predicted molar refractivity (Wildman–Crippen MR) is 65.4 cm³/mol. The number of fused-ring (bicyclic) bond motifs is 1. The number of rotatable bonds is 1. The summed E-state index contributed by atoms with van der Waals surface area (Å²) in [6, 6.07) is 5.54. The largest absolute Gasteiger partial charge is 0.423 e. The molecule has 1 aromatic carbocycles. The van der Waals surface area contributed by atoms with Gasteiger partial charge in [0, 0.05) is 37.0 Å². The quantitative estimate of drug-likeness (QED) is 0.792. The Morgan fingerprint density at radius 3 is 2.72 bits per heavy atom. The molecule has 0 aliphatic carbocycles. The second-order valence-corrected chi connectivity index (χ2v) is 4.89. The van der Waals surface area contributed by atoms with Crippen LogP contribution in [-0.4, -0.2) is 24.0 Å². The first-order valence-electron chi connectivity index (χ1n) is 5.72. The van der Waals surface area contributed by atoms with E-state index in [9.17, 15) is 8.78 Å². The molecule has 0 spiro atoms. The highest BCUT2D eigenvalue weighted by Crippen LogP contribution is 2.31. The van der Waals surface area contributed by atoms with Gasteiger partial charge in [0.1, 0.15) is 5.52 Å². The van der Waals surface area contributed by atoms with Gasteiger partial charge in [0.25, 0.3) is 11.9 Å². The number of alkyl halides is 2. The van der Waals surface area contributed by atoms with Crippen molar-refractivity contribution in [3.63, 3.8) is 0 Å². The Morgan fingerprint density at radius 2 is 2.00 bits per heavy atom. The van der Waals surface area contributed by atoms with Crippen LogP contribution < -0.4 is 4.90 Å². The average molecular weight is 273 g/mol. The first kappa shape index (κ1) is 11.7. The molecule has 18 heavy (non-hydrogen) atoms. The summed E-state index contributed by atoms with van der Waals surface area (Å²) in [5.74, 6) is -2.56. The Labute approximate surface area is 107 Å². The Kier molecular flexibility index (Phi) is 2.66. The number of hydrogen-bond acceptors (Lipinski definition) is 3. The van der Waals surface area contributed by atoms with Crippen molar-refractivity contribution in [2.45, 2.75) is 18.8 Å². The molecule has 2 heterocycles. The molecule has 0 radical (unpaired) electrons. The molecule has 3 rings (SSSR count). The van der Waals surface area contributed by atoms with Crippen molar-refractivity contribution in [1.29, 1.82) is 0 Å². The lowest BCUT2D eigenvalue weighted by molar-refractivity contribution is -0.0226. The Morgan fingerprint density at radius 1 is 1.28 bits per heavy atom. The van der Waals surface area contributed by atoms with Crippen molar-refractivity contribution in [2.75, 3.05) is 18.0 Å². The van der Waals surface area contributed by atoms with E-state index in [1.165, 1.54) is 0 Å². The van der Waals surface area contributed by atoms with E-state index in [4.69, 9.17) is 16.0 Å². The van der Waals surface area contributed by atoms with E-state index in [-0.39, 0.29) is 25.9 Å². The highest BCUT2D eigenvalue weighted by atomic mass is 35.5. The third-order valence-corrected chi connectivity index (χ3v) is 3.34. The van der Waals surface area contributed by atoms with E-state index in [1.54, 1.807) is 23.1 Å². The third-order valence-electron chi connectivity index (χ3n) is 3.10. The van der Waals surface area contributed by atoms with Gasteiger partial charge in [0.15, 0.2) is 5.58 Å². The van der Waals surface area contributed by atoms with E-state index in [0.717, 1.165) is 0 Å². The summed E-state index contributed by atoms with van der Waals surface area (Å²) in [6.07, 6.45) is -0.320. The minimum Gasteiger partial charge on any atom is -0.423 e. The maximum atomic E-state index is 13.1. The molecule has 1 aromatic heterocycles. The van der Waals surface area contributed by atoms with Crippen LogP contribution in [0.4, 0.5) is 14.8 Å². The number of piperidine rings is 1. The highest BCUT2D eigenvalue weighted by Gasteiger charge is 2.35. The van der Waals surface area contributed by atoms with Gasteiger partial charge in [0.2, 0.25) is 0 Å². The van der Waals surface area contributed by atoms with Gasteiger partial charge in [0.05, 0.1) is 0 Å². The van der Waals surface area contributed by atoms with Gasteiger partial charge in [-0.3, -0.25) is 0 Å². The van der Waals surface area contributed by atoms with Crippen LogP contribution in [0.25, 0.3) is 11.1 Å². The summed E-state index contributed by atoms with van der Waals surface area (Å²) in [6.45, 7) is 0.515. The van der Waals surface area contributed by atoms with Gasteiger partial charge in [-0.25, -0.2) is 8.78 Å². The molecule has 0 amide bonds. The summed E-state index contributed by atoms with van der Waals surface area (Å²) in [5, 5.41) is 0.565. The van der Waals surface area contributed by atoms with Gasteiger partial charge < -0.3 is 9.32 Å². The van der Waals surface area contributed by atoms with Crippen molar-refractivity contribution in [3.8, 4) is 0 Å². The predicted octanol–water partition coefficient (Wildman–Crippen LogP) is 3.72. The zero-order valence-electron chi connectivity index (χ0n) is 9.50. The van der Waals surface area contributed by atoms with Crippen LogP contribution in [0.3, 0.4) is 0 Å². The number of halogens is 3. The molecule has 0 atom stereocenters. The number of aromatic nitrogens is 1. The third kappa shape index (κ3) is 2.14. The number of benzene rings is 1. The zero-order valence-corrected chi connectivity index (χ0v) is 10.3. The topological polar surface area (TPSA) is 29.3 Å². The second kappa shape index (κ2) is 4.09. The molecule has 2 aromatic rings. The molecule has 3 nitrogen and oxygen atoms in total.